The van der Waals surface area contributed by atoms with Gasteiger partial charge < -0.3 is 14.5 Å². The van der Waals surface area contributed by atoms with E-state index in [2.05, 4.69) is 24.1 Å². The molecule has 2 aromatic heterocycles. The van der Waals surface area contributed by atoms with E-state index in [0.29, 0.717) is 12.6 Å². The van der Waals surface area contributed by atoms with Crippen LogP contribution in [0.2, 0.25) is 0 Å². The van der Waals surface area contributed by atoms with Gasteiger partial charge in [0.05, 0.1) is 31.8 Å². The molecule has 18 heavy (non-hydrogen) atoms. The molecule has 1 N–H and O–H groups in total. The molecule has 0 amide bonds. The Morgan fingerprint density at radius 3 is 2.78 bits per heavy atom. The summed E-state index contributed by atoms with van der Waals surface area (Å²) in [6, 6.07) is 6.19. The lowest BCUT2D eigenvalue weighted by Gasteiger charge is -2.07. The maximum atomic E-state index is 5.49. The summed E-state index contributed by atoms with van der Waals surface area (Å²) in [5, 5.41) is 3.33. The quantitative estimate of drug-likeness (QED) is 0.881. The third-order valence-electron chi connectivity index (χ3n) is 2.66. The van der Waals surface area contributed by atoms with Crippen molar-refractivity contribution in [2.45, 2.75) is 26.4 Å². The molecule has 0 bridgehead atoms. The van der Waals surface area contributed by atoms with Gasteiger partial charge in [0.25, 0.3) is 0 Å². The van der Waals surface area contributed by atoms with Crippen LogP contribution in [-0.4, -0.2) is 18.1 Å². The minimum atomic E-state index is 0.423. The number of hydrogen-bond acceptors (Lipinski definition) is 4. The fourth-order valence-corrected chi connectivity index (χ4v) is 1.66. The molecule has 0 aliphatic carbocycles. The first-order chi connectivity index (χ1) is 8.70. The lowest BCUT2D eigenvalue weighted by Crippen LogP contribution is -2.21. The number of nitrogens with one attached hydrogen (secondary N) is 1. The summed E-state index contributed by atoms with van der Waals surface area (Å²) >= 11 is 0. The molecule has 0 aliphatic heterocycles. The summed E-state index contributed by atoms with van der Waals surface area (Å²) in [5.41, 5.74) is 1.91. The van der Waals surface area contributed by atoms with Crippen molar-refractivity contribution in [1.29, 1.82) is 0 Å². The van der Waals surface area contributed by atoms with Crippen LogP contribution in [0.1, 0.15) is 19.6 Å². The average Bonchev–Trinajstić information content (AvgIpc) is 2.85. The van der Waals surface area contributed by atoms with E-state index in [4.69, 9.17) is 9.15 Å². The summed E-state index contributed by atoms with van der Waals surface area (Å²) in [6.07, 6.45) is 3.40. The predicted octanol–water partition coefficient (Wildman–Crippen LogP) is 2.85. The maximum Gasteiger partial charge on any atom is 0.137 e. The second-order valence-electron chi connectivity index (χ2n) is 4.38. The van der Waals surface area contributed by atoms with Crippen molar-refractivity contribution < 1.29 is 9.15 Å². The largest absolute Gasteiger partial charge is 0.495 e. The number of ether oxygens (including phenoxy) is 1. The molecule has 0 saturated heterocycles. The van der Waals surface area contributed by atoms with E-state index >= 15 is 0 Å². The molecule has 0 radical (unpaired) electrons. The Hall–Kier alpha value is -1.81. The highest BCUT2D eigenvalue weighted by molar-refractivity contribution is 5.61. The van der Waals surface area contributed by atoms with Crippen LogP contribution in [0.3, 0.4) is 0 Å². The van der Waals surface area contributed by atoms with Gasteiger partial charge in [-0.15, -0.1) is 0 Å². The Bertz CT molecular complexity index is 489. The van der Waals surface area contributed by atoms with Gasteiger partial charge in [0.1, 0.15) is 11.5 Å². The van der Waals surface area contributed by atoms with Gasteiger partial charge in [-0.05, 0) is 18.2 Å². The zero-order valence-electron chi connectivity index (χ0n) is 10.9. The Morgan fingerprint density at radius 2 is 2.17 bits per heavy atom. The molecule has 0 fully saturated rings. The van der Waals surface area contributed by atoms with Crippen molar-refractivity contribution in [2.24, 2.45) is 0 Å². The molecule has 2 heterocycles. The average molecular weight is 246 g/mol. The third-order valence-corrected chi connectivity index (χ3v) is 2.66. The highest BCUT2D eigenvalue weighted by atomic mass is 16.5. The predicted molar refractivity (Wildman–Crippen MR) is 70.5 cm³/mol. The molecule has 0 unspecified atom stereocenters. The lowest BCUT2D eigenvalue weighted by molar-refractivity contribution is 0.413. The van der Waals surface area contributed by atoms with Crippen molar-refractivity contribution in [3.63, 3.8) is 0 Å². The number of pyridine rings is 1. The Balaban J connectivity index is 2.19. The fourth-order valence-electron chi connectivity index (χ4n) is 1.66. The van der Waals surface area contributed by atoms with E-state index in [1.165, 1.54) is 0 Å². The van der Waals surface area contributed by atoms with Crippen LogP contribution in [0.25, 0.3) is 11.3 Å². The van der Waals surface area contributed by atoms with E-state index in [1.54, 1.807) is 19.6 Å². The van der Waals surface area contributed by atoms with Crippen LogP contribution in [-0.2, 0) is 6.54 Å². The fraction of sp³-hybridized carbons (Fsp3) is 0.357. The first-order valence-electron chi connectivity index (χ1n) is 6.01. The summed E-state index contributed by atoms with van der Waals surface area (Å²) < 4.78 is 10.6. The van der Waals surface area contributed by atoms with Crippen LogP contribution in [0.5, 0.6) is 5.75 Å². The standard InChI is InChI=1S/C14H18N2O2/c1-10(2)15-9-14-12(6-7-18-14)13-5-4-11(17-3)8-16-13/h4-8,10,15H,9H2,1-3H3. The number of hydrogen-bond donors (Lipinski definition) is 1. The Kier molecular flexibility index (Phi) is 3.99. The molecule has 4 heteroatoms. The van der Waals surface area contributed by atoms with Gasteiger partial charge in [-0.3, -0.25) is 4.98 Å². The van der Waals surface area contributed by atoms with Gasteiger partial charge in [0.2, 0.25) is 0 Å². The summed E-state index contributed by atoms with van der Waals surface area (Å²) in [5.74, 6) is 1.66. The Labute approximate surface area is 107 Å². The van der Waals surface area contributed by atoms with Crippen LogP contribution in [0.4, 0.5) is 0 Å². The smallest absolute Gasteiger partial charge is 0.137 e. The number of methoxy groups -OCH3 is 1. The topological polar surface area (TPSA) is 47.3 Å². The maximum absolute atomic E-state index is 5.49. The van der Waals surface area contributed by atoms with E-state index in [-0.39, 0.29) is 0 Å². The molecule has 0 aliphatic rings. The van der Waals surface area contributed by atoms with E-state index in [9.17, 15) is 0 Å². The molecule has 96 valence electrons. The summed E-state index contributed by atoms with van der Waals surface area (Å²) in [4.78, 5) is 4.37. The highest BCUT2D eigenvalue weighted by Crippen LogP contribution is 2.24. The van der Waals surface area contributed by atoms with Crippen molar-refractivity contribution in [3.8, 4) is 17.0 Å². The van der Waals surface area contributed by atoms with Crippen LogP contribution < -0.4 is 10.1 Å². The molecule has 2 aromatic rings. The number of aromatic nitrogens is 1. The first kappa shape index (κ1) is 12.6. The number of furan rings is 1. The molecular weight excluding hydrogens is 228 g/mol. The van der Waals surface area contributed by atoms with Crippen molar-refractivity contribution >= 4 is 0 Å². The van der Waals surface area contributed by atoms with Gasteiger partial charge >= 0.3 is 0 Å². The van der Waals surface area contributed by atoms with E-state index in [1.807, 2.05) is 18.2 Å². The molecule has 0 atom stereocenters. The van der Waals surface area contributed by atoms with Crippen molar-refractivity contribution in [2.75, 3.05) is 7.11 Å². The Morgan fingerprint density at radius 1 is 1.33 bits per heavy atom. The van der Waals surface area contributed by atoms with Gasteiger partial charge in [0, 0.05) is 11.6 Å². The minimum absolute atomic E-state index is 0.423. The molecule has 0 aromatic carbocycles. The summed E-state index contributed by atoms with van der Waals surface area (Å²) in [7, 11) is 1.63. The van der Waals surface area contributed by atoms with E-state index in [0.717, 1.165) is 22.8 Å². The second kappa shape index (κ2) is 5.69. The van der Waals surface area contributed by atoms with E-state index < -0.39 is 0 Å². The number of rotatable bonds is 5. The van der Waals surface area contributed by atoms with Gasteiger partial charge in [-0.1, -0.05) is 13.8 Å². The number of nitrogens with zero attached hydrogens (tertiary/aromatic N) is 1. The van der Waals surface area contributed by atoms with Gasteiger partial charge in [0.15, 0.2) is 0 Å². The van der Waals surface area contributed by atoms with Gasteiger partial charge in [-0.25, -0.2) is 0 Å². The van der Waals surface area contributed by atoms with Crippen LogP contribution in [0, 0.1) is 0 Å². The zero-order chi connectivity index (χ0) is 13.0. The molecule has 4 nitrogen and oxygen atoms in total. The molecule has 0 spiro atoms. The first-order valence-corrected chi connectivity index (χ1v) is 6.01. The minimum Gasteiger partial charge on any atom is -0.495 e. The monoisotopic (exact) mass is 246 g/mol. The lowest BCUT2D eigenvalue weighted by atomic mass is 10.1. The molecule has 2 rings (SSSR count). The van der Waals surface area contributed by atoms with Crippen LogP contribution >= 0.6 is 0 Å². The summed E-state index contributed by atoms with van der Waals surface area (Å²) in [6.45, 7) is 4.91. The third kappa shape index (κ3) is 2.90. The molecular formula is C14H18N2O2. The SMILES string of the molecule is COc1ccc(-c2ccoc2CNC(C)C)nc1. The van der Waals surface area contributed by atoms with Crippen molar-refractivity contribution in [3.05, 3.63) is 36.4 Å². The van der Waals surface area contributed by atoms with Crippen LogP contribution in [0.15, 0.2) is 35.1 Å². The zero-order valence-corrected chi connectivity index (χ0v) is 10.9. The highest BCUT2D eigenvalue weighted by Gasteiger charge is 2.10. The van der Waals surface area contributed by atoms with Gasteiger partial charge in [-0.2, -0.15) is 0 Å². The normalized spacial score (nSPS) is 10.9. The molecule has 0 saturated carbocycles. The second-order valence-corrected chi connectivity index (χ2v) is 4.38. The van der Waals surface area contributed by atoms with Crippen molar-refractivity contribution in [1.82, 2.24) is 10.3 Å².